The molecule has 3 N–H and O–H groups in total. The lowest BCUT2D eigenvalue weighted by Gasteiger charge is -2.26. The van der Waals surface area contributed by atoms with Crippen LogP contribution in [0.2, 0.25) is 0 Å². The third-order valence-corrected chi connectivity index (χ3v) is 5.43. The summed E-state index contributed by atoms with van der Waals surface area (Å²) >= 11 is 0. The lowest BCUT2D eigenvalue weighted by molar-refractivity contribution is -0.136. The van der Waals surface area contributed by atoms with Gasteiger partial charge in [0.2, 0.25) is 23.6 Å². The molecule has 2 saturated heterocycles. The zero-order chi connectivity index (χ0) is 22.1. The first-order valence-electron chi connectivity index (χ1n) is 9.99. The van der Waals surface area contributed by atoms with Crippen molar-refractivity contribution in [3.8, 4) is 0 Å². The van der Waals surface area contributed by atoms with Crippen LogP contribution in [0, 0.1) is 6.92 Å². The molecular weight excluding hydrogens is 440 g/mol. The summed E-state index contributed by atoms with van der Waals surface area (Å²) in [7, 11) is 0. The second-order valence-corrected chi connectivity index (χ2v) is 7.54. The number of aryl methyl sites for hydroxylation is 1. The van der Waals surface area contributed by atoms with Gasteiger partial charge in [-0.15, -0.1) is 12.4 Å². The van der Waals surface area contributed by atoms with Crippen LogP contribution in [0.1, 0.15) is 24.7 Å². The second-order valence-electron chi connectivity index (χ2n) is 7.54. The van der Waals surface area contributed by atoms with Gasteiger partial charge in [0.15, 0.2) is 0 Å². The zero-order valence-electron chi connectivity index (χ0n) is 17.3. The summed E-state index contributed by atoms with van der Waals surface area (Å²) in [5, 5.41) is 8.17. The predicted molar refractivity (Wildman–Crippen MR) is 117 cm³/mol. The maximum atomic E-state index is 13.2. The van der Waals surface area contributed by atoms with Gasteiger partial charge >= 0.3 is 0 Å². The molecule has 4 amide bonds. The minimum Gasteiger partial charge on any atom is -0.331 e. The lowest BCUT2D eigenvalue weighted by Crippen LogP contribution is -2.50. The summed E-state index contributed by atoms with van der Waals surface area (Å²) in [5.41, 5.74) is 0.222. The summed E-state index contributed by atoms with van der Waals surface area (Å²) in [5.74, 6) is -1.15. The van der Waals surface area contributed by atoms with Crippen molar-refractivity contribution < 1.29 is 19.2 Å². The van der Waals surface area contributed by atoms with Gasteiger partial charge in [-0.3, -0.25) is 33.9 Å². The van der Waals surface area contributed by atoms with E-state index in [1.807, 2.05) is 0 Å². The topological polar surface area (TPSA) is 142 Å². The highest BCUT2D eigenvalue weighted by Gasteiger charge is 2.30. The summed E-state index contributed by atoms with van der Waals surface area (Å²) in [4.78, 5) is 67.2. The maximum Gasteiger partial charge on any atom is 0.262 e. The number of benzene rings is 1. The van der Waals surface area contributed by atoms with Crippen LogP contribution in [0.3, 0.4) is 0 Å². The number of aromatic nitrogens is 2. The molecule has 3 heterocycles. The molecule has 1 aromatic carbocycles. The van der Waals surface area contributed by atoms with Gasteiger partial charge in [-0.05, 0) is 25.5 Å². The molecule has 0 bridgehead atoms. The first kappa shape index (κ1) is 23.4. The number of anilines is 1. The Morgan fingerprint density at radius 3 is 2.75 bits per heavy atom. The highest BCUT2D eigenvalue weighted by molar-refractivity contribution is 6.02. The Morgan fingerprint density at radius 1 is 1.25 bits per heavy atom. The number of piperazine rings is 1. The standard InChI is InChI=1S/C20H22N6O5.ClH/c1-11-22-18-12(20(31)26(11)14-5-6-15(27)24-19(14)30)3-2-4-13(18)23-16(28)10-25-8-7-21-9-17(25)29;/h2-4,14,21H,5-10H2,1H3,(H,23,28)(H,24,27,30);1H. The molecule has 11 nitrogen and oxygen atoms in total. The van der Waals surface area contributed by atoms with Crippen molar-refractivity contribution in [2.24, 2.45) is 0 Å². The van der Waals surface area contributed by atoms with Crippen molar-refractivity contribution in [3.63, 3.8) is 0 Å². The summed E-state index contributed by atoms with van der Waals surface area (Å²) in [6.45, 7) is 2.76. The van der Waals surface area contributed by atoms with Gasteiger partial charge < -0.3 is 15.5 Å². The second kappa shape index (κ2) is 9.45. The molecule has 4 rings (SSSR count). The van der Waals surface area contributed by atoms with Gasteiger partial charge in [0.05, 0.1) is 24.2 Å². The zero-order valence-corrected chi connectivity index (χ0v) is 18.2. The molecule has 1 unspecified atom stereocenters. The largest absolute Gasteiger partial charge is 0.331 e. The van der Waals surface area contributed by atoms with E-state index in [4.69, 9.17) is 0 Å². The van der Waals surface area contributed by atoms with E-state index in [9.17, 15) is 24.0 Å². The average Bonchev–Trinajstić information content (AvgIpc) is 2.72. The number of amides is 4. The number of carbonyl (C=O) groups excluding carboxylic acids is 4. The molecule has 0 aliphatic carbocycles. The van der Waals surface area contributed by atoms with E-state index in [0.717, 1.165) is 0 Å². The minimum absolute atomic E-state index is 0. The Labute approximate surface area is 189 Å². The van der Waals surface area contributed by atoms with E-state index in [-0.39, 0.29) is 55.5 Å². The number of rotatable bonds is 4. The lowest BCUT2D eigenvalue weighted by atomic mass is 10.1. The number of halogens is 1. The van der Waals surface area contributed by atoms with E-state index < -0.39 is 23.4 Å². The first-order chi connectivity index (χ1) is 14.8. The van der Waals surface area contributed by atoms with Crippen molar-refractivity contribution in [2.45, 2.75) is 25.8 Å². The van der Waals surface area contributed by atoms with Crippen LogP contribution in [0.25, 0.3) is 10.9 Å². The number of nitrogens with zero attached hydrogens (tertiary/aromatic N) is 3. The Balaban J connectivity index is 0.00000289. The number of nitrogens with one attached hydrogen (secondary N) is 3. The van der Waals surface area contributed by atoms with Crippen molar-refractivity contribution >= 4 is 52.6 Å². The molecule has 0 spiro atoms. The van der Waals surface area contributed by atoms with Gasteiger partial charge in [-0.1, -0.05) is 6.07 Å². The predicted octanol–water partition coefficient (Wildman–Crippen LogP) is -0.525. The number of hydrogen-bond acceptors (Lipinski definition) is 7. The van der Waals surface area contributed by atoms with Gasteiger partial charge in [-0.25, -0.2) is 4.98 Å². The Hall–Kier alpha value is -3.31. The number of carbonyl (C=O) groups is 4. The van der Waals surface area contributed by atoms with Crippen LogP contribution in [0.5, 0.6) is 0 Å². The van der Waals surface area contributed by atoms with Gasteiger partial charge in [-0.2, -0.15) is 0 Å². The molecule has 2 fully saturated rings. The first-order valence-corrected chi connectivity index (χ1v) is 9.99. The SMILES string of the molecule is Cc1nc2c(NC(=O)CN3CCNCC3=O)cccc2c(=O)n1C1CCC(=O)NC1=O.Cl. The van der Waals surface area contributed by atoms with Gasteiger partial charge in [0.1, 0.15) is 17.4 Å². The fraction of sp³-hybridized carbons (Fsp3) is 0.400. The van der Waals surface area contributed by atoms with Crippen LogP contribution in [-0.4, -0.2) is 64.3 Å². The van der Waals surface area contributed by atoms with Gasteiger partial charge in [0, 0.05) is 19.5 Å². The van der Waals surface area contributed by atoms with E-state index in [1.54, 1.807) is 25.1 Å². The average molecular weight is 463 g/mol. The van der Waals surface area contributed by atoms with Gasteiger partial charge in [0.25, 0.3) is 5.56 Å². The number of para-hydroxylation sites is 1. The Bertz CT molecular complexity index is 1160. The van der Waals surface area contributed by atoms with Crippen molar-refractivity contribution in [2.75, 3.05) is 31.5 Å². The Morgan fingerprint density at radius 2 is 2.03 bits per heavy atom. The number of fused-ring (bicyclic) bond motifs is 1. The third kappa shape index (κ3) is 4.48. The van der Waals surface area contributed by atoms with Crippen LogP contribution in [0.15, 0.2) is 23.0 Å². The van der Waals surface area contributed by atoms with Crippen molar-refractivity contribution in [3.05, 3.63) is 34.4 Å². The molecule has 1 atom stereocenters. The number of imide groups is 1. The van der Waals surface area contributed by atoms with Crippen LogP contribution >= 0.6 is 12.4 Å². The van der Waals surface area contributed by atoms with E-state index in [1.165, 1.54) is 9.47 Å². The molecule has 2 aromatic rings. The molecule has 12 heteroatoms. The molecule has 170 valence electrons. The fourth-order valence-electron chi connectivity index (χ4n) is 3.90. The molecule has 2 aliphatic heterocycles. The quantitative estimate of drug-likeness (QED) is 0.518. The molecular formula is C20H23ClN6O5. The molecule has 0 radical (unpaired) electrons. The Kier molecular flexibility index (Phi) is 6.90. The van der Waals surface area contributed by atoms with Crippen molar-refractivity contribution in [1.82, 2.24) is 25.1 Å². The molecule has 2 aliphatic rings. The molecule has 0 saturated carbocycles. The van der Waals surface area contributed by atoms with Crippen LogP contribution in [0.4, 0.5) is 5.69 Å². The smallest absolute Gasteiger partial charge is 0.262 e. The highest BCUT2D eigenvalue weighted by atomic mass is 35.5. The van der Waals surface area contributed by atoms with E-state index >= 15 is 0 Å². The summed E-state index contributed by atoms with van der Waals surface area (Å²) in [6, 6.07) is 3.99. The maximum absolute atomic E-state index is 13.2. The number of hydrogen-bond donors (Lipinski definition) is 3. The van der Waals surface area contributed by atoms with Crippen LogP contribution < -0.4 is 21.5 Å². The highest BCUT2D eigenvalue weighted by Crippen LogP contribution is 2.23. The minimum atomic E-state index is -0.820. The molecule has 1 aromatic heterocycles. The monoisotopic (exact) mass is 462 g/mol. The van der Waals surface area contributed by atoms with Crippen LogP contribution in [-0.2, 0) is 19.2 Å². The number of piperidine rings is 1. The fourth-order valence-corrected chi connectivity index (χ4v) is 3.90. The molecule has 32 heavy (non-hydrogen) atoms. The normalized spacial score (nSPS) is 18.8. The van der Waals surface area contributed by atoms with E-state index in [2.05, 4.69) is 20.9 Å². The third-order valence-electron chi connectivity index (χ3n) is 5.43. The summed E-state index contributed by atoms with van der Waals surface area (Å²) in [6.07, 6.45) is 0.356. The van der Waals surface area contributed by atoms with Crippen molar-refractivity contribution in [1.29, 1.82) is 0 Å². The van der Waals surface area contributed by atoms with E-state index in [0.29, 0.717) is 30.1 Å². The summed E-state index contributed by atoms with van der Waals surface area (Å²) < 4.78 is 1.29.